The predicted molar refractivity (Wildman–Crippen MR) is 82.5 cm³/mol. The Hall–Kier alpha value is -1.07. The Labute approximate surface area is 124 Å². The average molecular weight is 299 g/mol. The molecule has 1 N–H and O–H groups in total. The first kappa shape index (κ1) is 15.3. The second-order valence-corrected chi connectivity index (χ2v) is 5.63. The second-order valence-electron chi connectivity index (χ2n) is 5.25. The Balaban J connectivity index is 1.92. The molecule has 0 unspecified atom stereocenters. The first-order valence-corrected chi connectivity index (χ1v) is 7.75. The third-order valence-corrected chi connectivity index (χ3v) is 4.39. The largest absolute Gasteiger partial charge is 0.382 e. The van der Waals surface area contributed by atoms with Crippen molar-refractivity contribution < 1.29 is 0 Å². The quantitative estimate of drug-likeness (QED) is 0.904. The molecule has 1 saturated heterocycles. The van der Waals surface area contributed by atoms with Crippen molar-refractivity contribution >= 4 is 17.3 Å². The lowest BCUT2D eigenvalue weighted by molar-refractivity contribution is 0.198. The van der Waals surface area contributed by atoms with Crippen molar-refractivity contribution in [3.8, 4) is 0 Å². The number of anilines is 1. The monoisotopic (exact) mass is 298 g/mol. The van der Waals surface area contributed by atoms with Gasteiger partial charge in [-0.25, -0.2) is 4.68 Å². The molecule has 0 atom stereocenters. The standard InChI is InChI=1S/C14H23ClN4O/c1-3-18-7-5-11(6-8-18)9-16-12-10-17-19(4-2)14(20)13(12)15/h10-11,16H,3-9H2,1-2H3. The SMILES string of the molecule is CCN1CCC(CNc2cnn(CC)c(=O)c2Cl)CC1. The van der Waals surface area contributed by atoms with Gasteiger partial charge in [-0.05, 0) is 45.3 Å². The Kier molecular flexibility index (Phi) is 5.43. The predicted octanol–water partition coefficient (Wildman–Crippen LogP) is 2.06. The van der Waals surface area contributed by atoms with Gasteiger partial charge in [0.25, 0.3) is 5.56 Å². The first-order chi connectivity index (χ1) is 9.65. The van der Waals surface area contributed by atoms with Crippen LogP contribution in [0.5, 0.6) is 0 Å². The van der Waals surface area contributed by atoms with Crippen LogP contribution in [0.1, 0.15) is 26.7 Å². The van der Waals surface area contributed by atoms with Crippen LogP contribution in [0.3, 0.4) is 0 Å². The Morgan fingerprint density at radius 2 is 2.05 bits per heavy atom. The van der Waals surface area contributed by atoms with Crippen LogP contribution in [0, 0.1) is 5.92 Å². The van der Waals surface area contributed by atoms with E-state index in [2.05, 4.69) is 22.2 Å². The van der Waals surface area contributed by atoms with Crippen molar-refractivity contribution in [3.05, 3.63) is 21.6 Å². The van der Waals surface area contributed by atoms with E-state index in [1.54, 1.807) is 6.20 Å². The number of aryl methyl sites for hydroxylation is 1. The molecule has 0 saturated carbocycles. The Morgan fingerprint density at radius 1 is 1.35 bits per heavy atom. The van der Waals surface area contributed by atoms with Gasteiger partial charge in [0.05, 0.1) is 11.9 Å². The molecule has 2 rings (SSSR count). The fourth-order valence-corrected chi connectivity index (χ4v) is 2.79. The molecule has 6 heteroatoms. The van der Waals surface area contributed by atoms with Gasteiger partial charge in [0.2, 0.25) is 0 Å². The highest BCUT2D eigenvalue weighted by Crippen LogP contribution is 2.20. The van der Waals surface area contributed by atoms with Gasteiger partial charge in [-0.2, -0.15) is 5.10 Å². The lowest BCUT2D eigenvalue weighted by atomic mass is 9.97. The number of hydrogen-bond acceptors (Lipinski definition) is 4. The molecule has 20 heavy (non-hydrogen) atoms. The van der Waals surface area contributed by atoms with Crippen LogP contribution in [0.15, 0.2) is 11.0 Å². The highest BCUT2D eigenvalue weighted by Gasteiger charge is 2.18. The van der Waals surface area contributed by atoms with Gasteiger partial charge in [0.1, 0.15) is 5.02 Å². The van der Waals surface area contributed by atoms with Crippen molar-refractivity contribution in [3.63, 3.8) is 0 Å². The van der Waals surface area contributed by atoms with E-state index in [0.29, 0.717) is 18.2 Å². The van der Waals surface area contributed by atoms with E-state index in [9.17, 15) is 4.79 Å². The van der Waals surface area contributed by atoms with Crippen molar-refractivity contribution in [1.29, 1.82) is 0 Å². The molecule has 0 aliphatic carbocycles. The van der Waals surface area contributed by atoms with Crippen molar-refractivity contribution in [2.24, 2.45) is 5.92 Å². The molecule has 1 aromatic rings. The lowest BCUT2D eigenvalue weighted by Crippen LogP contribution is -2.35. The highest BCUT2D eigenvalue weighted by atomic mass is 35.5. The van der Waals surface area contributed by atoms with Gasteiger partial charge < -0.3 is 10.2 Å². The minimum atomic E-state index is -0.222. The van der Waals surface area contributed by atoms with Crippen LogP contribution in [0.4, 0.5) is 5.69 Å². The molecule has 0 spiro atoms. The summed E-state index contributed by atoms with van der Waals surface area (Å²) in [6, 6.07) is 0. The minimum Gasteiger partial charge on any atom is -0.382 e. The molecule has 0 aromatic carbocycles. The number of halogens is 1. The lowest BCUT2D eigenvalue weighted by Gasteiger charge is -2.31. The van der Waals surface area contributed by atoms with E-state index in [4.69, 9.17) is 11.6 Å². The third kappa shape index (κ3) is 3.52. The number of aromatic nitrogens is 2. The molecule has 0 bridgehead atoms. The fraction of sp³-hybridized carbons (Fsp3) is 0.714. The average Bonchev–Trinajstić information content (AvgIpc) is 2.49. The summed E-state index contributed by atoms with van der Waals surface area (Å²) in [7, 11) is 0. The van der Waals surface area contributed by atoms with E-state index in [1.807, 2.05) is 6.92 Å². The summed E-state index contributed by atoms with van der Waals surface area (Å²) in [5.41, 5.74) is 0.430. The number of likely N-dealkylation sites (tertiary alicyclic amines) is 1. The van der Waals surface area contributed by atoms with Crippen LogP contribution in [0.2, 0.25) is 5.02 Å². The normalized spacial score (nSPS) is 17.4. The number of piperidine rings is 1. The summed E-state index contributed by atoms with van der Waals surface area (Å²) < 4.78 is 1.37. The maximum Gasteiger partial charge on any atom is 0.287 e. The van der Waals surface area contributed by atoms with E-state index in [-0.39, 0.29) is 10.6 Å². The topological polar surface area (TPSA) is 50.2 Å². The molecule has 0 amide bonds. The first-order valence-electron chi connectivity index (χ1n) is 7.37. The Bertz CT molecular complexity index is 494. The van der Waals surface area contributed by atoms with Gasteiger partial charge in [0.15, 0.2) is 0 Å². The smallest absolute Gasteiger partial charge is 0.287 e. The zero-order valence-corrected chi connectivity index (χ0v) is 13.0. The Morgan fingerprint density at radius 3 is 2.65 bits per heavy atom. The number of hydrogen-bond donors (Lipinski definition) is 1. The molecule has 0 radical (unpaired) electrons. The van der Waals surface area contributed by atoms with Gasteiger partial charge >= 0.3 is 0 Å². The van der Waals surface area contributed by atoms with Crippen molar-refractivity contribution in [2.45, 2.75) is 33.2 Å². The van der Waals surface area contributed by atoms with Crippen LogP contribution < -0.4 is 10.9 Å². The fourth-order valence-electron chi connectivity index (χ4n) is 2.57. The molecule has 2 heterocycles. The molecule has 1 aliphatic heterocycles. The molecule has 5 nitrogen and oxygen atoms in total. The van der Waals surface area contributed by atoms with E-state index in [1.165, 1.54) is 17.5 Å². The summed E-state index contributed by atoms with van der Waals surface area (Å²) in [5.74, 6) is 0.641. The van der Waals surface area contributed by atoms with Gasteiger partial charge in [-0.15, -0.1) is 0 Å². The zero-order valence-electron chi connectivity index (χ0n) is 12.2. The number of nitrogens with one attached hydrogen (secondary N) is 1. The van der Waals surface area contributed by atoms with Crippen molar-refractivity contribution in [2.75, 3.05) is 31.5 Å². The van der Waals surface area contributed by atoms with Gasteiger partial charge in [-0.1, -0.05) is 18.5 Å². The molecule has 1 aliphatic rings. The number of nitrogens with zero attached hydrogens (tertiary/aromatic N) is 3. The van der Waals surface area contributed by atoms with Gasteiger partial charge in [0, 0.05) is 13.1 Å². The van der Waals surface area contributed by atoms with E-state index < -0.39 is 0 Å². The molecular formula is C14H23ClN4O. The molecule has 112 valence electrons. The van der Waals surface area contributed by atoms with Crippen LogP contribution in [-0.4, -0.2) is 40.9 Å². The van der Waals surface area contributed by atoms with Crippen LogP contribution >= 0.6 is 11.6 Å². The van der Waals surface area contributed by atoms with E-state index >= 15 is 0 Å². The number of rotatable bonds is 5. The summed E-state index contributed by atoms with van der Waals surface area (Å²) >= 11 is 6.10. The van der Waals surface area contributed by atoms with Gasteiger partial charge in [-0.3, -0.25) is 4.79 Å². The highest BCUT2D eigenvalue weighted by molar-refractivity contribution is 6.32. The minimum absolute atomic E-state index is 0.222. The summed E-state index contributed by atoms with van der Waals surface area (Å²) in [6.45, 7) is 8.92. The van der Waals surface area contributed by atoms with Crippen LogP contribution in [0.25, 0.3) is 0 Å². The zero-order chi connectivity index (χ0) is 14.5. The third-order valence-electron chi connectivity index (χ3n) is 4.02. The van der Waals surface area contributed by atoms with Crippen LogP contribution in [-0.2, 0) is 6.54 Å². The maximum atomic E-state index is 11.9. The molecule has 1 aromatic heterocycles. The maximum absolute atomic E-state index is 11.9. The summed E-state index contributed by atoms with van der Waals surface area (Å²) in [4.78, 5) is 14.3. The molecule has 1 fully saturated rings. The summed E-state index contributed by atoms with van der Waals surface area (Å²) in [6.07, 6.45) is 4.03. The van der Waals surface area contributed by atoms with Crippen molar-refractivity contribution in [1.82, 2.24) is 14.7 Å². The summed E-state index contributed by atoms with van der Waals surface area (Å²) in [5, 5.41) is 7.62. The van der Waals surface area contributed by atoms with E-state index in [0.717, 1.165) is 26.2 Å². The molecular weight excluding hydrogens is 276 g/mol. The second kappa shape index (κ2) is 7.09.